The molecule has 0 bridgehead atoms. The number of ether oxygens (including phenoxy) is 3. The molecule has 0 aliphatic heterocycles. The predicted molar refractivity (Wildman–Crippen MR) is 62.7 cm³/mol. The Bertz CT molecular complexity index is 386. The van der Waals surface area contributed by atoms with Crippen LogP contribution in [0.3, 0.4) is 0 Å². The van der Waals surface area contributed by atoms with Crippen molar-refractivity contribution in [2.45, 2.75) is 0 Å². The largest absolute Gasteiger partial charge is 0.474 e. The fraction of sp³-hybridized carbons (Fsp3) is 0.500. The first-order valence-corrected chi connectivity index (χ1v) is 5.28. The van der Waals surface area contributed by atoms with Gasteiger partial charge in [0.1, 0.15) is 6.61 Å². The molecule has 3 N–H and O–H groups in total. The Labute approximate surface area is 104 Å². The number of amidine groups is 1. The van der Waals surface area contributed by atoms with Gasteiger partial charge in [0.25, 0.3) is 0 Å². The van der Waals surface area contributed by atoms with Gasteiger partial charge in [0.05, 0.1) is 19.8 Å². The molecule has 0 radical (unpaired) electrons. The van der Waals surface area contributed by atoms with Gasteiger partial charge in [0.15, 0.2) is 11.5 Å². The van der Waals surface area contributed by atoms with Crippen LogP contribution in [0.5, 0.6) is 5.88 Å². The van der Waals surface area contributed by atoms with E-state index in [0.29, 0.717) is 19.8 Å². The maximum absolute atomic E-state index is 8.58. The highest BCUT2D eigenvalue weighted by Gasteiger charge is 2.10. The zero-order valence-corrected chi connectivity index (χ0v) is 10.1. The molecule has 18 heavy (non-hydrogen) atoms. The molecule has 1 heterocycles. The summed E-state index contributed by atoms with van der Waals surface area (Å²) in [5, 5.41) is 11.4. The van der Waals surface area contributed by atoms with Gasteiger partial charge in [-0.3, -0.25) is 0 Å². The lowest BCUT2D eigenvalue weighted by molar-refractivity contribution is 0.0535. The molecule has 0 spiro atoms. The molecule has 0 atom stereocenters. The summed E-state index contributed by atoms with van der Waals surface area (Å²) in [5.41, 5.74) is 5.63. The molecule has 0 amide bonds. The molecule has 1 aromatic heterocycles. The average molecular weight is 256 g/mol. The van der Waals surface area contributed by atoms with Gasteiger partial charge < -0.3 is 25.2 Å². The zero-order chi connectivity index (χ0) is 13.2. The summed E-state index contributed by atoms with van der Waals surface area (Å²) >= 11 is 0. The monoisotopic (exact) mass is 256 g/mol. The molecule has 8 nitrogen and oxygen atoms in total. The van der Waals surface area contributed by atoms with Gasteiger partial charge >= 0.3 is 0 Å². The van der Waals surface area contributed by atoms with Gasteiger partial charge in [-0.2, -0.15) is 0 Å². The molecular formula is C10H16N4O4. The minimum absolute atomic E-state index is 0.154. The maximum Gasteiger partial charge on any atom is 0.244 e. The number of hydrogen-bond acceptors (Lipinski definition) is 7. The van der Waals surface area contributed by atoms with Gasteiger partial charge in [-0.1, -0.05) is 5.16 Å². The molecule has 0 saturated heterocycles. The lowest BCUT2D eigenvalue weighted by Gasteiger charge is -2.08. The number of methoxy groups -OCH3 is 1. The smallest absolute Gasteiger partial charge is 0.244 e. The highest BCUT2D eigenvalue weighted by atomic mass is 16.5. The number of aromatic nitrogens is 2. The van der Waals surface area contributed by atoms with E-state index in [0.717, 1.165) is 0 Å². The van der Waals surface area contributed by atoms with Crippen LogP contribution < -0.4 is 10.5 Å². The van der Waals surface area contributed by atoms with Gasteiger partial charge in [0.2, 0.25) is 5.88 Å². The molecule has 100 valence electrons. The van der Waals surface area contributed by atoms with Gasteiger partial charge in [-0.05, 0) is 0 Å². The first kappa shape index (κ1) is 14.1. The lowest BCUT2D eigenvalue weighted by Crippen LogP contribution is -2.18. The summed E-state index contributed by atoms with van der Waals surface area (Å²) in [6.07, 6.45) is 2.88. The Morgan fingerprint density at radius 3 is 2.72 bits per heavy atom. The highest BCUT2D eigenvalue weighted by molar-refractivity contribution is 5.97. The van der Waals surface area contributed by atoms with E-state index in [1.165, 1.54) is 12.4 Å². The summed E-state index contributed by atoms with van der Waals surface area (Å²) in [6, 6.07) is 0. The van der Waals surface area contributed by atoms with E-state index in [4.69, 9.17) is 25.2 Å². The van der Waals surface area contributed by atoms with Gasteiger partial charge in [0, 0.05) is 19.5 Å². The second-order valence-corrected chi connectivity index (χ2v) is 3.15. The molecule has 8 heteroatoms. The topological polar surface area (TPSA) is 112 Å². The van der Waals surface area contributed by atoms with E-state index in [2.05, 4.69) is 15.1 Å². The number of hydrogen-bond donors (Lipinski definition) is 2. The van der Waals surface area contributed by atoms with Crippen LogP contribution in [-0.4, -0.2) is 54.5 Å². The second kappa shape index (κ2) is 8.20. The van der Waals surface area contributed by atoms with Crippen molar-refractivity contribution in [2.75, 3.05) is 33.5 Å². The van der Waals surface area contributed by atoms with E-state index in [1.807, 2.05) is 0 Å². The Morgan fingerprint density at radius 1 is 1.28 bits per heavy atom. The quantitative estimate of drug-likeness (QED) is 0.214. The van der Waals surface area contributed by atoms with Crippen molar-refractivity contribution >= 4 is 5.84 Å². The number of rotatable bonds is 8. The third-order valence-electron chi connectivity index (χ3n) is 1.91. The average Bonchev–Trinajstić information content (AvgIpc) is 2.42. The van der Waals surface area contributed by atoms with Crippen LogP contribution in [0.25, 0.3) is 0 Å². The maximum atomic E-state index is 8.58. The van der Waals surface area contributed by atoms with Crippen LogP contribution in [0.1, 0.15) is 5.69 Å². The van der Waals surface area contributed by atoms with E-state index in [9.17, 15) is 0 Å². The molecule has 0 saturated carbocycles. The lowest BCUT2D eigenvalue weighted by atomic mass is 10.4. The molecule has 0 aliphatic rings. The predicted octanol–water partition coefficient (Wildman–Crippen LogP) is -0.387. The summed E-state index contributed by atoms with van der Waals surface area (Å²) < 4.78 is 15.4. The fourth-order valence-electron chi connectivity index (χ4n) is 1.10. The summed E-state index contributed by atoms with van der Waals surface area (Å²) in [7, 11) is 1.60. The zero-order valence-electron chi connectivity index (χ0n) is 10.1. The number of nitrogens with two attached hydrogens (primary N) is 1. The molecule has 0 aromatic carbocycles. The van der Waals surface area contributed by atoms with Crippen LogP contribution in [0, 0.1) is 0 Å². The molecule has 0 unspecified atom stereocenters. The summed E-state index contributed by atoms with van der Waals surface area (Å²) in [5.74, 6) is 0.0431. The molecule has 0 aliphatic carbocycles. The van der Waals surface area contributed by atoms with Gasteiger partial charge in [-0.25, -0.2) is 9.97 Å². The van der Waals surface area contributed by atoms with Crippen molar-refractivity contribution in [2.24, 2.45) is 10.9 Å². The minimum Gasteiger partial charge on any atom is -0.474 e. The van der Waals surface area contributed by atoms with Crippen LogP contribution >= 0.6 is 0 Å². The normalized spacial score (nSPS) is 11.5. The third-order valence-corrected chi connectivity index (χ3v) is 1.91. The molecular weight excluding hydrogens is 240 g/mol. The Kier molecular flexibility index (Phi) is 6.44. The summed E-state index contributed by atoms with van der Waals surface area (Å²) in [6.45, 7) is 1.69. The minimum atomic E-state index is -0.154. The number of nitrogens with zero attached hydrogens (tertiary/aromatic N) is 3. The van der Waals surface area contributed by atoms with Crippen molar-refractivity contribution in [3.63, 3.8) is 0 Å². The van der Waals surface area contributed by atoms with Crippen LogP contribution in [-0.2, 0) is 9.47 Å². The fourth-order valence-corrected chi connectivity index (χ4v) is 1.10. The van der Waals surface area contributed by atoms with Crippen molar-refractivity contribution in [3.05, 3.63) is 18.1 Å². The summed E-state index contributed by atoms with van der Waals surface area (Å²) in [4.78, 5) is 7.86. The van der Waals surface area contributed by atoms with Crippen molar-refractivity contribution in [3.8, 4) is 5.88 Å². The van der Waals surface area contributed by atoms with Crippen LogP contribution in [0.15, 0.2) is 17.5 Å². The van der Waals surface area contributed by atoms with E-state index in [1.54, 1.807) is 7.11 Å². The number of oxime groups is 1. The highest BCUT2D eigenvalue weighted by Crippen LogP contribution is 2.10. The second-order valence-electron chi connectivity index (χ2n) is 3.15. The van der Waals surface area contributed by atoms with Crippen LogP contribution in [0.4, 0.5) is 0 Å². The van der Waals surface area contributed by atoms with Crippen molar-refractivity contribution in [1.29, 1.82) is 0 Å². The molecule has 0 fully saturated rings. The first-order valence-electron chi connectivity index (χ1n) is 5.28. The van der Waals surface area contributed by atoms with E-state index in [-0.39, 0.29) is 24.0 Å². The standard InChI is InChI=1S/C10H16N4O4/c1-16-4-5-17-6-7-18-10-8(9(11)14-15)12-2-3-13-10/h2-3,15H,4-7H2,1H3,(H2,11,14). The van der Waals surface area contributed by atoms with E-state index >= 15 is 0 Å². The van der Waals surface area contributed by atoms with Crippen molar-refractivity contribution < 1.29 is 19.4 Å². The van der Waals surface area contributed by atoms with E-state index < -0.39 is 0 Å². The van der Waals surface area contributed by atoms with Gasteiger partial charge in [-0.15, -0.1) is 0 Å². The molecule has 1 aromatic rings. The Morgan fingerprint density at radius 2 is 2.00 bits per heavy atom. The van der Waals surface area contributed by atoms with Crippen molar-refractivity contribution in [1.82, 2.24) is 9.97 Å². The van der Waals surface area contributed by atoms with Crippen LogP contribution in [0.2, 0.25) is 0 Å². The third kappa shape index (κ3) is 4.52. The Balaban J connectivity index is 2.42. The SMILES string of the molecule is COCCOCCOc1nccnc1C(N)=NO. The molecule has 1 rings (SSSR count). The first-order chi connectivity index (χ1) is 8.79. The Hall–Kier alpha value is -1.93.